The fourth-order valence-electron chi connectivity index (χ4n) is 4.86. The summed E-state index contributed by atoms with van der Waals surface area (Å²) < 4.78 is 0. The maximum atomic E-state index is 13.2. The molecule has 2 heterocycles. The Morgan fingerprint density at radius 2 is 1.75 bits per heavy atom. The zero-order valence-corrected chi connectivity index (χ0v) is 18.5. The van der Waals surface area contributed by atoms with Crippen LogP contribution in [-0.4, -0.2) is 64.0 Å². The van der Waals surface area contributed by atoms with Crippen LogP contribution in [0.25, 0.3) is 0 Å². The molecular weight excluding hydrogens is 406 g/mol. The van der Waals surface area contributed by atoms with E-state index in [-0.39, 0.29) is 18.4 Å². The van der Waals surface area contributed by atoms with Crippen molar-refractivity contribution in [2.24, 2.45) is 0 Å². The zero-order chi connectivity index (χ0) is 22.9. The Morgan fingerprint density at radius 1 is 1.06 bits per heavy atom. The first-order valence-corrected chi connectivity index (χ1v) is 11.0. The summed E-state index contributed by atoms with van der Waals surface area (Å²) >= 11 is 0. The molecule has 0 aliphatic carbocycles. The first-order chi connectivity index (χ1) is 15.3. The van der Waals surface area contributed by atoms with Crippen LogP contribution in [0.1, 0.15) is 39.9 Å². The maximum Gasteiger partial charge on any atom is 0.323 e. The number of rotatable bonds is 5. The summed E-state index contributed by atoms with van der Waals surface area (Å²) in [5, 5.41) is 12.9. The number of carboxylic acid groups (broad SMARTS) is 1. The van der Waals surface area contributed by atoms with Gasteiger partial charge in [0.2, 0.25) is 5.91 Å². The lowest BCUT2D eigenvalue weighted by Crippen LogP contribution is -2.60. The number of piperidine rings is 1. The zero-order valence-electron chi connectivity index (χ0n) is 18.5. The SMILES string of the molecule is Cc1cccc(C(=O)N2CCC3(CC2)NC(Cc2ccccc2)C(=O)N3CC(=O)O)c1C. The molecule has 7 nitrogen and oxygen atoms in total. The molecule has 2 saturated heterocycles. The van der Waals surface area contributed by atoms with Gasteiger partial charge in [-0.2, -0.15) is 0 Å². The highest BCUT2D eigenvalue weighted by atomic mass is 16.4. The average Bonchev–Trinajstić information content (AvgIpc) is 3.01. The minimum absolute atomic E-state index is 0.0176. The molecule has 7 heteroatoms. The molecule has 0 aromatic heterocycles. The second-order valence-electron chi connectivity index (χ2n) is 8.78. The Balaban J connectivity index is 1.51. The quantitative estimate of drug-likeness (QED) is 0.753. The smallest absolute Gasteiger partial charge is 0.323 e. The van der Waals surface area contributed by atoms with Crippen LogP contribution in [0, 0.1) is 13.8 Å². The van der Waals surface area contributed by atoms with E-state index in [0.717, 1.165) is 16.7 Å². The standard InChI is InChI=1S/C25H29N3O4/c1-17-7-6-10-20(18(17)2)23(31)27-13-11-25(12-14-27)26-21(15-19-8-4-3-5-9-19)24(32)28(25)16-22(29)30/h3-10,21,26H,11-16H2,1-2H3,(H,29,30). The maximum absolute atomic E-state index is 13.2. The van der Waals surface area contributed by atoms with E-state index in [4.69, 9.17) is 0 Å². The second kappa shape index (κ2) is 8.74. The molecule has 32 heavy (non-hydrogen) atoms. The number of carboxylic acids is 1. The van der Waals surface area contributed by atoms with Crippen molar-refractivity contribution >= 4 is 17.8 Å². The molecule has 2 fully saturated rings. The second-order valence-corrected chi connectivity index (χ2v) is 8.78. The number of hydrogen-bond donors (Lipinski definition) is 2. The molecule has 2 aromatic rings. The molecule has 4 rings (SSSR count). The summed E-state index contributed by atoms with van der Waals surface area (Å²) in [5.41, 5.74) is 3.02. The van der Waals surface area contributed by atoms with Gasteiger partial charge in [0.25, 0.3) is 5.91 Å². The highest BCUT2D eigenvalue weighted by Crippen LogP contribution is 2.34. The van der Waals surface area contributed by atoms with Gasteiger partial charge in [-0.15, -0.1) is 0 Å². The fourth-order valence-corrected chi connectivity index (χ4v) is 4.86. The van der Waals surface area contributed by atoms with E-state index in [2.05, 4.69) is 5.32 Å². The number of benzene rings is 2. The van der Waals surface area contributed by atoms with Gasteiger partial charge in [-0.25, -0.2) is 0 Å². The number of aryl methyl sites for hydroxylation is 1. The average molecular weight is 436 g/mol. The van der Waals surface area contributed by atoms with Crippen molar-refractivity contribution in [3.05, 3.63) is 70.8 Å². The van der Waals surface area contributed by atoms with Crippen molar-refractivity contribution in [3.8, 4) is 0 Å². The summed E-state index contributed by atoms with van der Waals surface area (Å²) in [6.07, 6.45) is 1.49. The molecule has 0 bridgehead atoms. The number of likely N-dealkylation sites (tertiary alicyclic amines) is 1. The van der Waals surface area contributed by atoms with Crippen LogP contribution >= 0.6 is 0 Å². The first kappa shape index (κ1) is 22.0. The highest BCUT2D eigenvalue weighted by molar-refractivity contribution is 5.96. The van der Waals surface area contributed by atoms with Crippen LogP contribution < -0.4 is 5.32 Å². The summed E-state index contributed by atoms with van der Waals surface area (Å²) in [7, 11) is 0. The molecular formula is C25H29N3O4. The molecule has 1 atom stereocenters. The summed E-state index contributed by atoms with van der Waals surface area (Å²) in [6, 6.07) is 15.0. The van der Waals surface area contributed by atoms with E-state index >= 15 is 0 Å². The van der Waals surface area contributed by atoms with Crippen molar-refractivity contribution in [1.82, 2.24) is 15.1 Å². The molecule has 2 aliphatic rings. The summed E-state index contributed by atoms with van der Waals surface area (Å²) in [5.74, 6) is -1.24. The number of nitrogens with zero attached hydrogens (tertiary/aromatic N) is 2. The third kappa shape index (κ3) is 4.12. The van der Waals surface area contributed by atoms with Crippen LogP contribution in [0.5, 0.6) is 0 Å². The van der Waals surface area contributed by atoms with Gasteiger partial charge in [0.05, 0.1) is 11.7 Å². The minimum Gasteiger partial charge on any atom is -0.480 e. The van der Waals surface area contributed by atoms with E-state index in [0.29, 0.717) is 37.9 Å². The van der Waals surface area contributed by atoms with Crippen LogP contribution in [0.2, 0.25) is 0 Å². The van der Waals surface area contributed by atoms with Crippen LogP contribution in [0.3, 0.4) is 0 Å². The van der Waals surface area contributed by atoms with Crippen molar-refractivity contribution in [2.45, 2.75) is 44.8 Å². The summed E-state index contributed by atoms with van der Waals surface area (Å²) in [4.78, 5) is 41.1. The lowest BCUT2D eigenvalue weighted by atomic mass is 9.94. The fraction of sp³-hybridized carbons (Fsp3) is 0.400. The van der Waals surface area contributed by atoms with E-state index < -0.39 is 17.7 Å². The van der Waals surface area contributed by atoms with Crippen LogP contribution in [0.15, 0.2) is 48.5 Å². The van der Waals surface area contributed by atoms with Gasteiger partial charge in [0.1, 0.15) is 6.54 Å². The number of carbonyl (C=O) groups excluding carboxylic acids is 2. The number of aliphatic carboxylic acids is 1. The summed E-state index contributed by atoms with van der Waals surface area (Å²) in [6.45, 7) is 4.51. The van der Waals surface area contributed by atoms with Crippen LogP contribution in [0.4, 0.5) is 0 Å². The molecule has 2 aromatic carbocycles. The Morgan fingerprint density at radius 3 is 2.41 bits per heavy atom. The van der Waals surface area contributed by atoms with Gasteiger partial charge < -0.3 is 14.9 Å². The van der Waals surface area contributed by atoms with Gasteiger partial charge >= 0.3 is 5.97 Å². The van der Waals surface area contributed by atoms with Crippen molar-refractivity contribution in [1.29, 1.82) is 0 Å². The lowest BCUT2D eigenvalue weighted by Gasteiger charge is -2.44. The number of hydrogen-bond acceptors (Lipinski definition) is 4. The van der Waals surface area contributed by atoms with Crippen molar-refractivity contribution < 1.29 is 19.5 Å². The molecule has 1 unspecified atom stereocenters. The van der Waals surface area contributed by atoms with Gasteiger partial charge in [-0.1, -0.05) is 42.5 Å². The lowest BCUT2D eigenvalue weighted by molar-refractivity contribution is -0.147. The number of nitrogens with one attached hydrogen (secondary N) is 1. The minimum atomic E-state index is -1.03. The molecule has 1 spiro atoms. The Bertz CT molecular complexity index is 1030. The number of amides is 2. The molecule has 0 saturated carbocycles. The highest BCUT2D eigenvalue weighted by Gasteiger charge is 2.52. The van der Waals surface area contributed by atoms with E-state index in [1.54, 1.807) is 0 Å². The van der Waals surface area contributed by atoms with E-state index in [1.165, 1.54) is 4.90 Å². The molecule has 2 N–H and O–H groups in total. The van der Waals surface area contributed by atoms with Crippen molar-refractivity contribution in [3.63, 3.8) is 0 Å². The predicted molar refractivity (Wildman–Crippen MR) is 120 cm³/mol. The molecule has 0 radical (unpaired) electrons. The normalized spacial score (nSPS) is 20.1. The Labute approximate surface area is 188 Å². The molecule has 2 amide bonds. The third-order valence-electron chi connectivity index (χ3n) is 6.81. The topological polar surface area (TPSA) is 90.0 Å². The van der Waals surface area contributed by atoms with E-state index in [9.17, 15) is 19.5 Å². The van der Waals surface area contributed by atoms with Crippen molar-refractivity contribution in [2.75, 3.05) is 19.6 Å². The van der Waals surface area contributed by atoms with Gasteiger partial charge in [0.15, 0.2) is 0 Å². The molecule has 2 aliphatic heterocycles. The molecule has 168 valence electrons. The first-order valence-electron chi connectivity index (χ1n) is 11.0. The monoisotopic (exact) mass is 435 g/mol. The largest absolute Gasteiger partial charge is 0.480 e. The van der Waals surface area contributed by atoms with Gasteiger partial charge in [-0.05, 0) is 43.0 Å². The van der Waals surface area contributed by atoms with Gasteiger partial charge in [0, 0.05) is 31.5 Å². The number of carbonyl (C=O) groups is 3. The van der Waals surface area contributed by atoms with E-state index in [1.807, 2.05) is 67.3 Å². The van der Waals surface area contributed by atoms with Gasteiger partial charge in [-0.3, -0.25) is 19.7 Å². The Kier molecular flexibility index (Phi) is 6.02. The Hall–Kier alpha value is -3.19. The predicted octanol–water partition coefficient (Wildman–Crippen LogP) is 2.36. The van der Waals surface area contributed by atoms with Crippen LogP contribution in [-0.2, 0) is 16.0 Å². The third-order valence-corrected chi connectivity index (χ3v) is 6.81.